The second-order valence-electron chi connectivity index (χ2n) is 6.43. The van der Waals surface area contributed by atoms with Crippen LogP contribution in [0.2, 0.25) is 0 Å². The standard InChI is InChI=1S/C19H30N8S2.Cu/c1-4-20-18(28)25-23-14(3)16(24-26-19(29)21-5-2)12-15-8-9-17(22-13-15)27-10-6-7-11-27;/h8-9,13H,4-7,10-12H2,1-3H3,(H2,20,25,28)(H2,21,26,29);/q;+2/p-2/b23-14+,24-16+;. The number of pyridine rings is 1. The summed E-state index contributed by atoms with van der Waals surface area (Å²) >= 11 is 10.3. The number of anilines is 1. The van der Waals surface area contributed by atoms with Crippen molar-refractivity contribution in [2.45, 2.75) is 40.0 Å². The Morgan fingerprint density at radius 3 is 2.17 bits per heavy atom. The first kappa shape index (κ1) is 26.2. The number of nitrogens with one attached hydrogen (secondary N) is 2. The van der Waals surface area contributed by atoms with Gasteiger partial charge in [0.15, 0.2) is 0 Å². The number of rotatable bonds is 8. The van der Waals surface area contributed by atoms with Crippen LogP contribution in [0.15, 0.2) is 38.5 Å². The monoisotopic (exact) mass is 495 g/mol. The fraction of sp³-hybridized carbons (Fsp3) is 0.526. The fourth-order valence-corrected chi connectivity index (χ4v) is 3.12. The Hall–Kier alpha value is -1.81. The predicted octanol–water partition coefficient (Wildman–Crippen LogP) is 1.98. The van der Waals surface area contributed by atoms with Gasteiger partial charge in [-0.1, -0.05) is 6.07 Å². The van der Waals surface area contributed by atoms with Crippen molar-refractivity contribution >= 4 is 52.8 Å². The topological polar surface area (TPSA) is 89.6 Å². The molecule has 0 atom stereocenters. The van der Waals surface area contributed by atoms with Crippen LogP contribution in [-0.2, 0) is 48.7 Å². The van der Waals surface area contributed by atoms with Crippen molar-refractivity contribution in [3.8, 4) is 0 Å². The van der Waals surface area contributed by atoms with E-state index in [0.717, 1.165) is 24.5 Å². The summed E-state index contributed by atoms with van der Waals surface area (Å²) in [4.78, 5) is 15.1. The molecule has 1 aromatic rings. The molecule has 2 rings (SSSR count). The van der Waals surface area contributed by atoms with Gasteiger partial charge in [-0.15, -0.1) is 0 Å². The first-order valence-corrected chi connectivity index (χ1v) is 10.6. The first-order valence-electron chi connectivity index (χ1n) is 9.79. The minimum Gasteiger partial charge on any atom is -0.741 e. The number of hydrazone groups is 2. The van der Waals surface area contributed by atoms with Gasteiger partial charge in [-0.25, -0.2) is 4.98 Å². The average molecular weight is 496 g/mol. The molecular weight excluding hydrogens is 468 g/mol. The Balaban J connectivity index is 0.00000450. The smallest absolute Gasteiger partial charge is 0.741 e. The third-order valence-electron chi connectivity index (χ3n) is 4.24. The molecule has 0 aromatic carbocycles. The van der Waals surface area contributed by atoms with E-state index in [-0.39, 0.29) is 17.1 Å². The molecule has 2 N–H and O–H groups in total. The summed E-state index contributed by atoms with van der Waals surface area (Å²) in [6.07, 6.45) is 4.88. The molecule has 167 valence electrons. The maximum absolute atomic E-state index is 5.15. The molecule has 0 bridgehead atoms. The predicted molar refractivity (Wildman–Crippen MR) is 127 cm³/mol. The molecule has 0 spiro atoms. The van der Waals surface area contributed by atoms with Gasteiger partial charge >= 0.3 is 17.1 Å². The van der Waals surface area contributed by atoms with Gasteiger partial charge in [0.25, 0.3) is 0 Å². The van der Waals surface area contributed by atoms with Crippen LogP contribution in [0.3, 0.4) is 0 Å². The van der Waals surface area contributed by atoms with E-state index < -0.39 is 0 Å². The third-order valence-corrected chi connectivity index (χ3v) is 4.68. The number of nitrogens with zero attached hydrogens (tertiary/aromatic N) is 6. The number of hydrogen-bond acceptors (Lipinski definition) is 8. The van der Waals surface area contributed by atoms with E-state index in [2.05, 4.69) is 53.1 Å². The minimum atomic E-state index is 0. The van der Waals surface area contributed by atoms with Crippen molar-refractivity contribution in [1.82, 2.24) is 15.8 Å². The van der Waals surface area contributed by atoms with Crippen molar-refractivity contribution in [2.24, 2.45) is 20.2 Å². The maximum Gasteiger partial charge on any atom is 2.00 e. The molecule has 1 aliphatic rings. The Kier molecular flexibility index (Phi) is 12.4. The van der Waals surface area contributed by atoms with Crippen molar-refractivity contribution in [3.05, 3.63) is 23.9 Å². The van der Waals surface area contributed by atoms with E-state index in [4.69, 9.17) is 25.3 Å². The van der Waals surface area contributed by atoms with Crippen LogP contribution >= 0.6 is 0 Å². The molecule has 1 radical (unpaired) electrons. The molecule has 0 unspecified atom stereocenters. The van der Waals surface area contributed by atoms with Crippen molar-refractivity contribution in [3.63, 3.8) is 0 Å². The van der Waals surface area contributed by atoms with Crippen LogP contribution in [0.25, 0.3) is 0 Å². The van der Waals surface area contributed by atoms with Gasteiger partial charge < -0.3 is 30.2 Å². The number of hydrogen-bond donors (Lipinski definition) is 2. The molecule has 8 nitrogen and oxygen atoms in total. The first-order chi connectivity index (χ1) is 14.0. The zero-order valence-electron chi connectivity index (χ0n) is 17.5. The fourth-order valence-electron chi connectivity index (χ4n) is 2.77. The Bertz CT molecular complexity index is 771. The van der Waals surface area contributed by atoms with Crippen LogP contribution < -0.4 is 15.8 Å². The molecule has 1 saturated heterocycles. The summed E-state index contributed by atoms with van der Waals surface area (Å²) in [5.74, 6) is 1.02. The third kappa shape index (κ3) is 8.91. The summed E-state index contributed by atoms with van der Waals surface area (Å²) in [5.41, 5.74) is 8.00. The molecule has 0 saturated carbocycles. The molecule has 0 amide bonds. The largest absolute Gasteiger partial charge is 2.00 e. The SMILES string of the molecule is CCN=C([S-])N/N=C(C)/C(Cc1ccc(N2CCCC2)nc1)=N/NC([S-])=NCC.[Cu+2]. The quantitative estimate of drug-likeness (QED) is 0.188. The number of aliphatic imine (C=N–C) groups is 2. The second-order valence-corrected chi connectivity index (χ2v) is 7.21. The zero-order valence-corrected chi connectivity index (χ0v) is 20.1. The van der Waals surface area contributed by atoms with Gasteiger partial charge in [0.05, 0.1) is 11.4 Å². The zero-order chi connectivity index (χ0) is 21.1. The van der Waals surface area contributed by atoms with Crippen molar-refractivity contribution in [2.75, 3.05) is 31.1 Å². The van der Waals surface area contributed by atoms with Crippen molar-refractivity contribution < 1.29 is 17.1 Å². The van der Waals surface area contributed by atoms with Crippen LogP contribution in [0.1, 0.15) is 39.2 Å². The average Bonchev–Trinajstić information content (AvgIpc) is 3.25. The Morgan fingerprint density at radius 2 is 1.63 bits per heavy atom. The summed E-state index contributed by atoms with van der Waals surface area (Å²) in [6.45, 7) is 9.03. The molecule has 1 fully saturated rings. The molecule has 11 heteroatoms. The molecule has 2 heterocycles. The normalized spacial score (nSPS) is 15.8. The number of amidine groups is 2. The maximum atomic E-state index is 5.15. The summed E-state index contributed by atoms with van der Waals surface area (Å²) in [5, 5.41) is 9.39. The van der Waals surface area contributed by atoms with Crippen LogP contribution in [0.5, 0.6) is 0 Å². The van der Waals surface area contributed by atoms with E-state index in [9.17, 15) is 0 Å². The van der Waals surface area contributed by atoms with Crippen molar-refractivity contribution in [1.29, 1.82) is 0 Å². The van der Waals surface area contributed by atoms with Crippen LogP contribution in [0, 0.1) is 0 Å². The molecule has 30 heavy (non-hydrogen) atoms. The minimum absolute atomic E-state index is 0. The number of aromatic nitrogens is 1. The van der Waals surface area contributed by atoms with Gasteiger partial charge in [0.1, 0.15) is 5.82 Å². The van der Waals surface area contributed by atoms with Gasteiger partial charge in [-0.3, -0.25) is 20.8 Å². The summed E-state index contributed by atoms with van der Waals surface area (Å²) in [7, 11) is 0. The van der Waals surface area contributed by atoms with E-state index in [0.29, 0.717) is 41.3 Å². The molecule has 0 aliphatic carbocycles. The van der Waals surface area contributed by atoms with Gasteiger partial charge in [-0.05, 0) is 55.6 Å². The molecular formula is C19H28CuN8S2. The van der Waals surface area contributed by atoms with E-state index in [1.54, 1.807) is 0 Å². The molecule has 1 aromatic heterocycles. The van der Waals surface area contributed by atoms with Crippen LogP contribution in [-0.4, -0.2) is 52.9 Å². The van der Waals surface area contributed by atoms with E-state index >= 15 is 0 Å². The Morgan fingerprint density at radius 1 is 1.03 bits per heavy atom. The summed E-state index contributed by atoms with van der Waals surface area (Å²) in [6, 6.07) is 4.13. The molecule has 1 aliphatic heterocycles. The van der Waals surface area contributed by atoms with E-state index in [1.807, 2.05) is 27.0 Å². The van der Waals surface area contributed by atoms with E-state index in [1.165, 1.54) is 12.8 Å². The summed E-state index contributed by atoms with van der Waals surface area (Å²) < 4.78 is 0. The van der Waals surface area contributed by atoms with Gasteiger partial charge in [-0.2, -0.15) is 10.2 Å². The van der Waals surface area contributed by atoms with Crippen LogP contribution in [0.4, 0.5) is 5.82 Å². The second kappa shape index (κ2) is 14.2. The Labute approximate surface area is 200 Å². The van der Waals surface area contributed by atoms with Gasteiger partial charge in [0.2, 0.25) is 0 Å². The van der Waals surface area contributed by atoms with Gasteiger partial charge in [0, 0.05) is 38.8 Å².